The SMILES string of the molecule is CCCn1c(CO)nnc1SCc1ccc(F)cc1. The Morgan fingerprint density at radius 1 is 1.26 bits per heavy atom. The van der Waals surface area contributed by atoms with Crippen LogP contribution in [0.25, 0.3) is 0 Å². The van der Waals surface area contributed by atoms with E-state index < -0.39 is 0 Å². The highest BCUT2D eigenvalue weighted by molar-refractivity contribution is 7.98. The smallest absolute Gasteiger partial charge is 0.191 e. The Kier molecular flexibility index (Phi) is 4.93. The van der Waals surface area contributed by atoms with Gasteiger partial charge >= 0.3 is 0 Å². The Morgan fingerprint density at radius 2 is 2.00 bits per heavy atom. The van der Waals surface area contributed by atoms with Gasteiger partial charge in [0, 0.05) is 12.3 Å². The number of nitrogens with zero attached hydrogens (tertiary/aromatic N) is 3. The molecule has 6 heteroatoms. The summed E-state index contributed by atoms with van der Waals surface area (Å²) in [6.45, 7) is 2.74. The summed E-state index contributed by atoms with van der Waals surface area (Å²) in [6, 6.07) is 6.42. The first-order valence-electron chi connectivity index (χ1n) is 6.14. The molecule has 1 aromatic carbocycles. The number of aromatic nitrogens is 3. The molecule has 0 aliphatic heterocycles. The van der Waals surface area contributed by atoms with Crippen LogP contribution in [-0.4, -0.2) is 19.9 Å². The zero-order chi connectivity index (χ0) is 13.7. The van der Waals surface area contributed by atoms with E-state index in [1.54, 1.807) is 12.1 Å². The first-order chi connectivity index (χ1) is 9.24. The topological polar surface area (TPSA) is 50.9 Å². The van der Waals surface area contributed by atoms with Crippen molar-refractivity contribution in [1.82, 2.24) is 14.8 Å². The molecule has 1 aromatic heterocycles. The first-order valence-corrected chi connectivity index (χ1v) is 7.13. The van der Waals surface area contributed by atoms with E-state index >= 15 is 0 Å². The molecule has 0 saturated carbocycles. The Balaban J connectivity index is 2.06. The summed E-state index contributed by atoms with van der Waals surface area (Å²) < 4.78 is 14.7. The van der Waals surface area contributed by atoms with Crippen LogP contribution in [0.3, 0.4) is 0 Å². The molecule has 0 spiro atoms. The van der Waals surface area contributed by atoms with Gasteiger partial charge in [0.25, 0.3) is 0 Å². The van der Waals surface area contributed by atoms with Crippen LogP contribution < -0.4 is 0 Å². The van der Waals surface area contributed by atoms with Gasteiger partial charge in [-0.15, -0.1) is 10.2 Å². The van der Waals surface area contributed by atoms with Crippen LogP contribution >= 0.6 is 11.8 Å². The number of benzene rings is 1. The number of rotatable bonds is 6. The monoisotopic (exact) mass is 281 g/mol. The summed E-state index contributed by atoms with van der Waals surface area (Å²) in [5.41, 5.74) is 1.03. The lowest BCUT2D eigenvalue weighted by atomic mass is 10.2. The van der Waals surface area contributed by atoms with E-state index in [1.807, 2.05) is 4.57 Å². The second-order valence-electron chi connectivity index (χ2n) is 4.12. The molecule has 4 nitrogen and oxygen atoms in total. The number of aliphatic hydroxyl groups is 1. The molecule has 0 amide bonds. The molecule has 102 valence electrons. The van der Waals surface area contributed by atoms with Crippen molar-refractivity contribution in [2.45, 2.75) is 37.4 Å². The second-order valence-corrected chi connectivity index (χ2v) is 5.07. The third kappa shape index (κ3) is 3.54. The summed E-state index contributed by atoms with van der Waals surface area (Å²) in [6.07, 6.45) is 0.954. The lowest BCUT2D eigenvalue weighted by Gasteiger charge is -2.07. The molecule has 0 fully saturated rings. The molecular weight excluding hydrogens is 265 g/mol. The third-order valence-corrected chi connectivity index (χ3v) is 3.70. The van der Waals surface area contributed by atoms with Gasteiger partial charge in [-0.25, -0.2) is 4.39 Å². The van der Waals surface area contributed by atoms with Crippen molar-refractivity contribution in [1.29, 1.82) is 0 Å². The fourth-order valence-corrected chi connectivity index (χ4v) is 2.66. The van der Waals surface area contributed by atoms with Gasteiger partial charge < -0.3 is 9.67 Å². The van der Waals surface area contributed by atoms with Crippen LogP contribution in [0.1, 0.15) is 24.7 Å². The highest BCUT2D eigenvalue weighted by Crippen LogP contribution is 2.22. The van der Waals surface area contributed by atoms with Crippen LogP contribution in [0, 0.1) is 5.82 Å². The van der Waals surface area contributed by atoms with Crippen LogP contribution in [-0.2, 0) is 18.9 Å². The number of hydrogen-bond acceptors (Lipinski definition) is 4. The van der Waals surface area contributed by atoms with Crippen LogP contribution in [0.15, 0.2) is 29.4 Å². The van der Waals surface area contributed by atoms with Crippen molar-refractivity contribution in [3.05, 3.63) is 41.5 Å². The molecule has 2 aromatic rings. The number of halogens is 1. The van der Waals surface area contributed by atoms with Crippen molar-refractivity contribution < 1.29 is 9.50 Å². The van der Waals surface area contributed by atoms with Crippen LogP contribution in [0.4, 0.5) is 4.39 Å². The van der Waals surface area contributed by atoms with Crippen LogP contribution in [0.2, 0.25) is 0 Å². The molecule has 0 unspecified atom stereocenters. The highest BCUT2D eigenvalue weighted by Gasteiger charge is 2.11. The predicted molar refractivity (Wildman–Crippen MR) is 72.2 cm³/mol. The summed E-state index contributed by atoms with van der Waals surface area (Å²) in [7, 11) is 0. The average molecular weight is 281 g/mol. The number of hydrogen-bond donors (Lipinski definition) is 1. The van der Waals surface area contributed by atoms with Gasteiger partial charge in [-0.3, -0.25) is 0 Å². The van der Waals surface area contributed by atoms with E-state index in [4.69, 9.17) is 0 Å². The Bertz CT molecular complexity index is 527. The largest absolute Gasteiger partial charge is 0.388 e. The highest BCUT2D eigenvalue weighted by atomic mass is 32.2. The molecular formula is C13H16FN3OS. The Morgan fingerprint density at radius 3 is 2.63 bits per heavy atom. The summed E-state index contributed by atoms with van der Waals surface area (Å²) in [5, 5.41) is 18.0. The molecule has 0 aliphatic carbocycles. The number of aliphatic hydroxyl groups excluding tert-OH is 1. The maximum absolute atomic E-state index is 12.8. The van der Waals surface area contributed by atoms with Crippen LogP contribution in [0.5, 0.6) is 0 Å². The molecule has 0 aliphatic rings. The predicted octanol–water partition coefficient (Wildman–Crippen LogP) is 2.61. The molecule has 19 heavy (non-hydrogen) atoms. The quantitative estimate of drug-likeness (QED) is 0.827. The molecule has 1 heterocycles. The summed E-state index contributed by atoms with van der Waals surface area (Å²) in [4.78, 5) is 0. The first kappa shape index (κ1) is 14.0. The van der Waals surface area contributed by atoms with E-state index in [-0.39, 0.29) is 12.4 Å². The summed E-state index contributed by atoms with van der Waals surface area (Å²) >= 11 is 1.54. The van der Waals surface area contributed by atoms with E-state index in [0.29, 0.717) is 11.6 Å². The minimum atomic E-state index is -0.231. The van der Waals surface area contributed by atoms with Gasteiger partial charge in [0.05, 0.1) is 0 Å². The minimum absolute atomic E-state index is 0.107. The lowest BCUT2D eigenvalue weighted by molar-refractivity contribution is 0.263. The minimum Gasteiger partial charge on any atom is -0.388 e. The van der Waals surface area contributed by atoms with Gasteiger partial charge in [-0.1, -0.05) is 30.8 Å². The van der Waals surface area contributed by atoms with E-state index in [1.165, 1.54) is 23.9 Å². The zero-order valence-corrected chi connectivity index (χ0v) is 11.5. The van der Waals surface area contributed by atoms with Gasteiger partial charge in [0.2, 0.25) is 0 Å². The normalized spacial score (nSPS) is 10.9. The van der Waals surface area contributed by atoms with Gasteiger partial charge in [0.15, 0.2) is 11.0 Å². The Hall–Kier alpha value is -1.40. The van der Waals surface area contributed by atoms with Crippen molar-refractivity contribution in [3.8, 4) is 0 Å². The van der Waals surface area contributed by atoms with E-state index in [9.17, 15) is 9.50 Å². The van der Waals surface area contributed by atoms with Gasteiger partial charge in [-0.05, 0) is 24.1 Å². The maximum Gasteiger partial charge on any atom is 0.191 e. The van der Waals surface area contributed by atoms with Gasteiger partial charge in [0.1, 0.15) is 12.4 Å². The Labute approximate surface area is 115 Å². The standard InChI is InChI=1S/C13H16FN3OS/c1-2-7-17-12(8-18)15-16-13(17)19-9-10-3-5-11(14)6-4-10/h3-6,18H,2,7-9H2,1H3. The molecule has 0 bridgehead atoms. The van der Waals surface area contributed by atoms with Crippen molar-refractivity contribution in [3.63, 3.8) is 0 Å². The van der Waals surface area contributed by atoms with Crippen molar-refractivity contribution >= 4 is 11.8 Å². The zero-order valence-electron chi connectivity index (χ0n) is 10.7. The number of thioether (sulfide) groups is 1. The lowest BCUT2D eigenvalue weighted by Crippen LogP contribution is -2.04. The fraction of sp³-hybridized carbons (Fsp3) is 0.385. The summed E-state index contributed by atoms with van der Waals surface area (Å²) in [5.74, 6) is 1.06. The maximum atomic E-state index is 12.8. The molecule has 0 atom stereocenters. The molecule has 0 radical (unpaired) electrons. The van der Waals surface area contributed by atoms with E-state index in [0.717, 1.165) is 23.7 Å². The second kappa shape index (κ2) is 6.68. The molecule has 0 saturated heterocycles. The van der Waals surface area contributed by atoms with Crippen molar-refractivity contribution in [2.24, 2.45) is 0 Å². The third-order valence-electron chi connectivity index (χ3n) is 2.66. The van der Waals surface area contributed by atoms with E-state index in [2.05, 4.69) is 17.1 Å². The molecule has 1 N–H and O–H groups in total. The fourth-order valence-electron chi connectivity index (χ4n) is 1.72. The molecule has 2 rings (SSSR count). The van der Waals surface area contributed by atoms with Gasteiger partial charge in [-0.2, -0.15) is 0 Å². The van der Waals surface area contributed by atoms with Crippen molar-refractivity contribution in [2.75, 3.05) is 0 Å². The average Bonchev–Trinajstić information content (AvgIpc) is 2.81.